The zero-order valence-corrected chi connectivity index (χ0v) is 23.0. The second kappa shape index (κ2) is 11.6. The van der Waals surface area contributed by atoms with Crippen LogP contribution in [0.4, 0.5) is 4.79 Å². The number of nitrogens with one attached hydrogen (secondary N) is 1. The minimum absolute atomic E-state index is 0.0404. The molecule has 204 valence electrons. The maximum absolute atomic E-state index is 14.0. The van der Waals surface area contributed by atoms with E-state index in [0.717, 1.165) is 36.8 Å². The van der Waals surface area contributed by atoms with Gasteiger partial charge in [0, 0.05) is 24.7 Å². The lowest BCUT2D eigenvalue weighted by atomic mass is 9.71. The van der Waals surface area contributed by atoms with Crippen LogP contribution in [-0.4, -0.2) is 51.9 Å². The van der Waals surface area contributed by atoms with Crippen LogP contribution < -0.4 is 5.32 Å². The molecule has 0 aromatic heterocycles. The Kier molecular flexibility index (Phi) is 8.44. The predicted octanol–water partition coefficient (Wildman–Crippen LogP) is 6.04. The summed E-state index contributed by atoms with van der Waals surface area (Å²) in [6, 6.07) is 17.7. The summed E-state index contributed by atoms with van der Waals surface area (Å²) in [5.41, 5.74) is 2.89. The number of hydrogen-bond donors (Lipinski definition) is 2. The second-order valence-electron chi connectivity index (χ2n) is 11.8. The molecule has 2 N–H and O–H groups in total. The Balaban J connectivity index is 1.55. The number of carbonyl (C=O) groups excluding carboxylic acids is 2. The zero-order valence-electron chi connectivity index (χ0n) is 23.0. The highest BCUT2D eigenvalue weighted by atomic mass is 16.4. The summed E-state index contributed by atoms with van der Waals surface area (Å²) in [7, 11) is 0. The normalized spacial score (nSPS) is 22.8. The van der Waals surface area contributed by atoms with Gasteiger partial charge in [-0.1, -0.05) is 63.2 Å². The van der Waals surface area contributed by atoms with Crippen molar-refractivity contribution in [3.63, 3.8) is 0 Å². The summed E-state index contributed by atoms with van der Waals surface area (Å²) in [6.07, 6.45) is 4.13. The largest absolute Gasteiger partial charge is 0.481 e. The van der Waals surface area contributed by atoms with Crippen LogP contribution in [0.25, 0.3) is 0 Å². The molecule has 7 heteroatoms. The van der Waals surface area contributed by atoms with Crippen LogP contribution in [0, 0.1) is 11.3 Å². The van der Waals surface area contributed by atoms with Gasteiger partial charge in [-0.15, -0.1) is 0 Å². The van der Waals surface area contributed by atoms with Crippen molar-refractivity contribution in [3.8, 4) is 0 Å². The topological polar surface area (TPSA) is 89.9 Å². The smallest absolute Gasteiger partial charge is 0.321 e. The van der Waals surface area contributed by atoms with E-state index < -0.39 is 5.97 Å². The van der Waals surface area contributed by atoms with E-state index in [9.17, 15) is 14.4 Å². The van der Waals surface area contributed by atoms with Gasteiger partial charge in [0.1, 0.15) is 0 Å². The molecular formula is C31H41N3O4. The van der Waals surface area contributed by atoms with E-state index in [-0.39, 0.29) is 48.4 Å². The van der Waals surface area contributed by atoms with Gasteiger partial charge in [-0.3, -0.25) is 9.59 Å². The quantitative estimate of drug-likeness (QED) is 0.445. The van der Waals surface area contributed by atoms with Crippen molar-refractivity contribution < 1.29 is 19.5 Å². The molecule has 3 amide bonds. The number of carboxylic acids is 1. The van der Waals surface area contributed by atoms with Gasteiger partial charge in [0.2, 0.25) is 0 Å². The van der Waals surface area contributed by atoms with Crippen LogP contribution in [0.2, 0.25) is 0 Å². The Morgan fingerprint density at radius 3 is 2.21 bits per heavy atom. The van der Waals surface area contributed by atoms with Crippen molar-refractivity contribution in [1.29, 1.82) is 0 Å². The highest BCUT2D eigenvalue weighted by Crippen LogP contribution is 2.43. The molecule has 2 aromatic rings. The van der Waals surface area contributed by atoms with Crippen molar-refractivity contribution in [2.75, 3.05) is 13.1 Å². The molecule has 2 fully saturated rings. The van der Waals surface area contributed by atoms with Gasteiger partial charge in [-0.05, 0) is 67.2 Å². The Morgan fingerprint density at radius 2 is 1.63 bits per heavy atom. The molecule has 4 rings (SSSR count). The number of benzene rings is 2. The van der Waals surface area contributed by atoms with Gasteiger partial charge in [0.05, 0.1) is 18.5 Å². The minimum atomic E-state index is -0.947. The molecule has 1 aliphatic heterocycles. The first kappa shape index (κ1) is 27.7. The summed E-state index contributed by atoms with van der Waals surface area (Å²) >= 11 is 0. The standard InChI is InChI=1S/C31H41N3O4/c1-21(22-8-6-5-7-9-22)33-20-27(23-10-12-24(13-11-23)29(37)32-19-18-28(35)36)34(30(33)38)26-16-14-25(15-17-26)31(2,3)4/h5-13,21,25-27H,14-20H2,1-4H3,(H,32,37)(H,35,36). The molecule has 0 spiro atoms. The molecule has 1 saturated heterocycles. The van der Waals surface area contributed by atoms with Gasteiger partial charge < -0.3 is 20.2 Å². The Labute approximate surface area is 226 Å². The average Bonchev–Trinajstić information content (AvgIpc) is 3.25. The first-order chi connectivity index (χ1) is 18.1. The van der Waals surface area contributed by atoms with Crippen LogP contribution in [0.15, 0.2) is 54.6 Å². The molecule has 1 heterocycles. The number of amides is 3. The number of carboxylic acid groups (broad SMARTS) is 1. The monoisotopic (exact) mass is 519 g/mol. The Morgan fingerprint density at radius 1 is 1.00 bits per heavy atom. The predicted molar refractivity (Wildman–Crippen MR) is 148 cm³/mol. The molecule has 1 aliphatic carbocycles. The summed E-state index contributed by atoms with van der Waals surface area (Å²) in [5, 5.41) is 11.5. The third-order valence-corrected chi connectivity index (χ3v) is 8.42. The fourth-order valence-corrected chi connectivity index (χ4v) is 6.01. The zero-order chi connectivity index (χ0) is 27.4. The number of carbonyl (C=O) groups is 3. The van der Waals surface area contributed by atoms with E-state index in [0.29, 0.717) is 18.0 Å². The van der Waals surface area contributed by atoms with E-state index >= 15 is 0 Å². The van der Waals surface area contributed by atoms with Gasteiger partial charge in [0.15, 0.2) is 0 Å². The fourth-order valence-electron chi connectivity index (χ4n) is 6.01. The lowest BCUT2D eigenvalue weighted by molar-refractivity contribution is -0.136. The van der Waals surface area contributed by atoms with Crippen molar-refractivity contribution in [1.82, 2.24) is 15.1 Å². The number of hydrogen-bond acceptors (Lipinski definition) is 3. The maximum Gasteiger partial charge on any atom is 0.321 e. The molecule has 38 heavy (non-hydrogen) atoms. The third-order valence-electron chi connectivity index (χ3n) is 8.42. The van der Waals surface area contributed by atoms with Crippen LogP contribution in [0.1, 0.15) is 93.4 Å². The lowest BCUT2D eigenvalue weighted by Gasteiger charge is -2.41. The van der Waals surface area contributed by atoms with Gasteiger partial charge in [0.25, 0.3) is 5.91 Å². The van der Waals surface area contributed by atoms with Crippen LogP contribution in [0.5, 0.6) is 0 Å². The molecule has 1 saturated carbocycles. The number of rotatable bonds is 8. The maximum atomic E-state index is 14.0. The highest BCUT2D eigenvalue weighted by molar-refractivity contribution is 5.94. The summed E-state index contributed by atoms with van der Waals surface area (Å²) in [6.45, 7) is 9.71. The molecule has 2 aliphatic rings. The molecule has 2 aromatic carbocycles. The number of aliphatic carboxylic acids is 1. The molecule has 0 radical (unpaired) electrons. The van der Waals surface area contributed by atoms with Gasteiger partial charge in [-0.2, -0.15) is 0 Å². The van der Waals surface area contributed by atoms with Crippen molar-refractivity contribution in [2.24, 2.45) is 11.3 Å². The highest BCUT2D eigenvalue weighted by Gasteiger charge is 2.45. The van der Waals surface area contributed by atoms with Crippen molar-refractivity contribution >= 4 is 17.9 Å². The van der Waals surface area contributed by atoms with Crippen LogP contribution in [0.3, 0.4) is 0 Å². The van der Waals surface area contributed by atoms with E-state index in [1.165, 1.54) is 0 Å². The minimum Gasteiger partial charge on any atom is -0.481 e. The van der Waals surface area contributed by atoms with Crippen LogP contribution >= 0.6 is 0 Å². The summed E-state index contributed by atoms with van der Waals surface area (Å²) in [5.74, 6) is -0.581. The van der Waals surface area contributed by atoms with E-state index in [1.807, 2.05) is 35.2 Å². The van der Waals surface area contributed by atoms with E-state index in [1.54, 1.807) is 12.1 Å². The molecule has 0 bridgehead atoms. The Hall–Kier alpha value is -3.35. The lowest BCUT2D eigenvalue weighted by Crippen LogP contribution is -2.43. The summed E-state index contributed by atoms with van der Waals surface area (Å²) in [4.78, 5) is 41.3. The SMILES string of the molecule is CC(c1ccccc1)N1CC(c2ccc(C(=O)NCCC(=O)O)cc2)N(C2CCC(C(C)(C)C)CC2)C1=O. The van der Waals surface area contributed by atoms with E-state index in [4.69, 9.17) is 5.11 Å². The average molecular weight is 520 g/mol. The van der Waals surface area contributed by atoms with Gasteiger partial charge >= 0.3 is 12.0 Å². The van der Waals surface area contributed by atoms with E-state index in [2.05, 4.69) is 50.0 Å². The van der Waals surface area contributed by atoms with Crippen molar-refractivity contribution in [3.05, 3.63) is 71.3 Å². The number of nitrogens with zero attached hydrogens (tertiary/aromatic N) is 2. The fraction of sp³-hybridized carbons (Fsp3) is 0.516. The first-order valence-electron chi connectivity index (χ1n) is 13.8. The third kappa shape index (κ3) is 6.20. The molecule has 2 atom stereocenters. The molecule has 7 nitrogen and oxygen atoms in total. The van der Waals surface area contributed by atoms with Crippen LogP contribution in [-0.2, 0) is 4.79 Å². The number of urea groups is 1. The second-order valence-corrected chi connectivity index (χ2v) is 11.8. The molecule has 2 unspecified atom stereocenters. The Bertz CT molecular complexity index is 1120. The molecular weight excluding hydrogens is 478 g/mol. The summed E-state index contributed by atoms with van der Waals surface area (Å²) < 4.78 is 0. The van der Waals surface area contributed by atoms with Crippen molar-refractivity contribution in [2.45, 2.75) is 77.9 Å². The van der Waals surface area contributed by atoms with Gasteiger partial charge in [-0.25, -0.2) is 4.79 Å². The first-order valence-corrected chi connectivity index (χ1v) is 13.8.